The zero-order valence-corrected chi connectivity index (χ0v) is 12.6. The average molecular weight is 312 g/mol. The molecule has 6 nitrogen and oxygen atoms in total. The van der Waals surface area contributed by atoms with Gasteiger partial charge in [-0.1, -0.05) is 18.2 Å². The van der Waals surface area contributed by atoms with E-state index in [0.717, 1.165) is 0 Å². The fraction of sp³-hybridized carbons (Fsp3) is 0.500. The summed E-state index contributed by atoms with van der Waals surface area (Å²) in [4.78, 5) is 12.2. The lowest BCUT2D eigenvalue weighted by Crippen LogP contribution is -2.45. The Labute approximate surface area is 124 Å². The molecule has 7 heteroatoms. The number of carbonyl (C=O) groups excluding carboxylic acids is 1. The monoisotopic (exact) mass is 312 g/mol. The zero-order valence-electron chi connectivity index (χ0n) is 11.7. The highest BCUT2D eigenvalue weighted by molar-refractivity contribution is 7.89. The third-order valence-corrected chi connectivity index (χ3v) is 5.43. The van der Waals surface area contributed by atoms with E-state index in [1.807, 2.05) is 0 Å². The van der Waals surface area contributed by atoms with Gasteiger partial charge < -0.3 is 10.4 Å². The second kappa shape index (κ2) is 7.02. The van der Waals surface area contributed by atoms with Crippen LogP contribution in [0.25, 0.3) is 0 Å². The SMILES string of the molecule is O=C(NCCO)[C@H]1CCCN(S(=O)(=O)c2ccccc2)C1. The summed E-state index contributed by atoms with van der Waals surface area (Å²) in [5, 5.41) is 11.3. The normalized spacial score (nSPS) is 20.1. The van der Waals surface area contributed by atoms with Crippen LogP contribution in [0.3, 0.4) is 0 Å². The molecule has 116 valence electrons. The van der Waals surface area contributed by atoms with Crippen LogP contribution in [0.5, 0.6) is 0 Å². The number of rotatable bonds is 5. The third-order valence-electron chi connectivity index (χ3n) is 3.55. The van der Waals surface area contributed by atoms with Gasteiger partial charge in [-0.3, -0.25) is 4.79 Å². The Morgan fingerprint density at radius 3 is 2.71 bits per heavy atom. The molecule has 1 aromatic rings. The molecule has 1 fully saturated rings. The van der Waals surface area contributed by atoms with Gasteiger partial charge in [0.2, 0.25) is 15.9 Å². The van der Waals surface area contributed by atoms with Gasteiger partial charge in [0, 0.05) is 19.6 Å². The first-order valence-electron chi connectivity index (χ1n) is 6.99. The van der Waals surface area contributed by atoms with Gasteiger partial charge in [0.15, 0.2) is 0 Å². The molecule has 0 unspecified atom stereocenters. The molecule has 1 amide bonds. The molecule has 2 rings (SSSR count). The van der Waals surface area contributed by atoms with Gasteiger partial charge >= 0.3 is 0 Å². The molecule has 0 spiro atoms. The predicted octanol–water partition coefficient (Wildman–Crippen LogP) is 0.196. The molecule has 1 aromatic carbocycles. The van der Waals surface area contributed by atoms with Crippen LogP contribution in [-0.2, 0) is 14.8 Å². The minimum atomic E-state index is -3.55. The van der Waals surface area contributed by atoms with Crippen LogP contribution in [0.4, 0.5) is 0 Å². The molecule has 1 heterocycles. The Morgan fingerprint density at radius 2 is 2.05 bits per heavy atom. The number of hydrogen-bond acceptors (Lipinski definition) is 4. The van der Waals surface area contributed by atoms with Crippen molar-refractivity contribution in [2.45, 2.75) is 17.7 Å². The van der Waals surface area contributed by atoms with Gasteiger partial charge in [-0.25, -0.2) is 8.42 Å². The molecule has 1 aliphatic heterocycles. The summed E-state index contributed by atoms with van der Waals surface area (Å²) in [6.45, 7) is 0.695. The first-order valence-corrected chi connectivity index (χ1v) is 8.43. The molecule has 0 bridgehead atoms. The predicted molar refractivity (Wildman–Crippen MR) is 78.0 cm³/mol. The quantitative estimate of drug-likeness (QED) is 0.813. The van der Waals surface area contributed by atoms with Crippen molar-refractivity contribution in [1.29, 1.82) is 0 Å². The molecular formula is C14H20N2O4S. The van der Waals surface area contributed by atoms with E-state index in [2.05, 4.69) is 5.32 Å². The number of nitrogens with one attached hydrogen (secondary N) is 1. The summed E-state index contributed by atoms with van der Waals surface area (Å²) in [6, 6.07) is 8.25. The lowest BCUT2D eigenvalue weighted by Gasteiger charge is -2.31. The summed E-state index contributed by atoms with van der Waals surface area (Å²) in [6.07, 6.45) is 1.32. The fourth-order valence-corrected chi connectivity index (χ4v) is 3.98. The number of nitrogens with zero attached hydrogens (tertiary/aromatic N) is 1. The largest absolute Gasteiger partial charge is 0.395 e. The summed E-state index contributed by atoms with van der Waals surface area (Å²) in [5.41, 5.74) is 0. The maximum atomic E-state index is 12.5. The summed E-state index contributed by atoms with van der Waals surface area (Å²) >= 11 is 0. The Bertz CT molecular complexity index is 574. The Kier molecular flexibility index (Phi) is 5.33. The van der Waals surface area contributed by atoms with Crippen molar-refractivity contribution in [1.82, 2.24) is 9.62 Å². The number of aliphatic hydroxyl groups is 1. The Hall–Kier alpha value is -1.44. The van der Waals surface area contributed by atoms with E-state index in [4.69, 9.17) is 5.11 Å². The number of amides is 1. The number of carbonyl (C=O) groups is 1. The van der Waals surface area contributed by atoms with Crippen molar-refractivity contribution < 1.29 is 18.3 Å². The summed E-state index contributed by atoms with van der Waals surface area (Å²) in [7, 11) is -3.55. The van der Waals surface area contributed by atoms with Gasteiger partial charge in [0.05, 0.1) is 17.4 Å². The van der Waals surface area contributed by atoms with Crippen molar-refractivity contribution in [3.05, 3.63) is 30.3 Å². The van der Waals surface area contributed by atoms with Crippen molar-refractivity contribution >= 4 is 15.9 Å². The highest BCUT2D eigenvalue weighted by Crippen LogP contribution is 2.23. The number of aliphatic hydroxyl groups excluding tert-OH is 1. The van der Waals surface area contributed by atoms with E-state index in [1.165, 1.54) is 4.31 Å². The molecule has 0 saturated carbocycles. The molecule has 1 atom stereocenters. The molecule has 0 aromatic heterocycles. The van der Waals surface area contributed by atoms with E-state index in [0.29, 0.717) is 19.4 Å². The molecule has 1 aliphatic rings. The molecular weight excluding hydrogens is 292 g/mol. The average Bonchev–Trinajstić information content (AvgIpc) is 2.53. The van der Waals surface area contributed by atoms with Crippen LogP contribution in [0.1, 0.15) is 12.8 Å². The third kappa shape index (κ3) is 3.81. The van der Waals surface area contributed by atoms with Gasteiger partial charge in [-0.2, -0.15) is 4.31 Å². The van der Waals surface area contributed by atoms with Crippen LogP contribution < -0.4 is 5.32 Å². The standard InChI is InChI=1S/C14H20N2O4S/c17-10-8-15-14(18)12-5-4-9-16(11-12)21(19,20)13-6-2-1-3-7-13/h1-3,6-7,12,17H,4-5,8-11H2,(H,15,18)/t12-/m0/s1. The van der Waals surface area contributed by atoms with Crippen LogP contribution >= 0.6 is 0 Å². The topological polar surface area (TPSA) is 86.7 Å². The number of benzene rings is 1. The first kappa shape index (κ1) is 15.9. The Balaban J connectivity index is 2.09. The van der Waals surface area contributed by atoms with E-state index in [9.17, 15) is 13.2 Å². The molecule has 1 saturated heterocycles. The van der Waals surface area contributed by atoms with Crippen LogP contribution in [-0.4, -0.2) is 50.0 Å². The number of piperidine rings is 1. The van der Waals surface area contributed by atoms with Crippen molar-refractivity contribution in [3.8, 4) is 0 Å². The second-order valence-electron chi connectivity index (χ2n) is 5.03. The van der Waals surface area contributed by atoms with Gasteiger partial charge in [0.25, 0.3) is 0 Å². The lowest BCUT2D eigenvalue weighted by molar-refractivity contribution is -0.126. The summed E-state index contributed by atoms with van der Waals surface area (Å²) < 4.78 is 26.4. The second-order valence-corrected chi connectivity index (χ2v) is 6.97. The summed E-state index contributed by atoms with van der Waals surface area (Å²) in [5.74, 6) is -0.555. The van der Waals surface area contributed by atoms with Crippen molar-refractivity contribution in [2.24, 2.45) is 5.92 Å². The van der Waals surface area contributed by atoms with E-state index in [1.54, 1.807) is 30.3 Å². The van der Waals surface area contributed by atoms with E-state index < -0.39 is 10.0 Å². The van der Waals surface area contributed by atoms with Gasteiger partial charge in [0.1, 0.15) is 0 Å². The van der Waals surface area contributed by atoms with E-state index >= 15 is 0 Å². The molecule has 21 heavy (non-hydrogen) atoms. The highest BCUT2D eigenvalue weighted by atomic mass is 32.2. The minimum Gasteiger partial charge on any atom is -0.395 e. The maximum absolute atomic E-state index is 12.5. The highest BCUT2D eigenvalue weighted by Gasteiger charge is 2.32. The van der Waals surface area contributed by atoms with Crippen LogP contribution in [0.2, 0.25) is 0 Å². The number of sulfonamides is 1. The van der Waals surface area contributed by atoms with E-state index in [-0.39, 0.29) is 36.4 Å². The van der Waals surface area contributed by atoms with Crippen LogP contribution in [0, 0.1) is 5.92 Å². The fourth-order valence-electron chi connectivity index (χ4n) is 2.44. The van der Waals surface area contributed by atoms with Gasteiger partial charge in [-0.05, 0) is 25.0 Å². The molecule has 0 radical (unpaired) electrons. The maximum Gasteiger partial charge on any atom is 0.243 e. The Morgan fingerprint density at radius 1 is 1.33 bits per heavy atom. The van der Waals surface area contributed by atoms with Gasteiger partial charge in [-0.15, -0.1) is 0 Å². The zero-order chi connectivity index (χ0) is 15.3. The van der Waals surface area contributed by atoms with Crippen molar-refractivity contribution in [3.63, 3.8) is 0 Å². The first-order chi connectivity index (χ1) is 10.1. The lowest BCUT2D eigenvalue weighted by atomic mass is 9.99. The molecule has 0 aliphatic carbocycles. The molecule has 2 N–H and O–H groups in total. The number of hydrogen-bond donors (Lipinski definition) is 2. The minimum absolute atomic E-state index is 0.121. The van der Waals surface area contributed by atoms with Crippen LogP contribution in [0.15, 0.2) is 35.2 Å². The van der Waals surface area contributed by atoms with Crippen molar-refractivity contribution in [2.75, 3.05) is 26.2 Å². The smallest absolute Gasteiger partial charge is 0.243 e.